The van der Waals surface area contributed by atoms with Crippen molar-refractivity contribution in [2.75, 3.05) is 11.9 Å². The van der Waals surface area contributed by atoms with E-state index in [4.69, 9.17) is 4.84 Å². The van der Waals surface area contributed by atoms with Crippen molar-refractivity contribution in [2.24, 2.45) is 11.3 Å². The van der Waals surface area contributed by atoms with Crippen LogP contribution in [0.4, 0.5) is 5.69 Å². The largest absolute Gasteiger partial charge is 0.351 e. The summed E-state index contributed by atoms with van der Waals surface area (Å²) in [5.74, 6) is 0.585. The molecule has 2 unspecified atom stereocenters. The maximum absolute atomic E-state index is 13.8. The Bertz CT molecular complexity index is 935. The minimum Gasteiger partial charge on any atom is -0.351 e. The smallest absolute Gasteiger partial charge is 0.254 e. The number of para-hydroxylation sites is 1. The molecule has 2 aromatic rings. The summed E-state index contributed by atoms with van der Waals surface area (Å²) in [4.78, 5) is 22.4. The van der Waals surface area contributed by atoms with Crippen molar-refractivity contribution in [2.45, 2.75) is 64.1 Å². The fraction of sp³-hybridized carbons (Fsp3) is 0.500. The molecule has 1 saturated heterocycles. The van der Waals surface area contributed by atoms with Gasteiger partial charge in [-0.25, -0.2) is 0 Å². The van der Waals surface area contributed by atoms with E-state index in [1.807, 2.05) is 30.3 Å². The molecule has 0 bridgehead atoms. The van der Waals surface area contributed by atoms with Crippen LogP contribution in [0.1, 0.15) is 57.1 Å². The summed E-state index contributed by atoms with van der Waals surface area (Å²) in [5, 5.41) is 1.72. The zero-order valence-electron chi connectivity index (χ0n) is 18.3. The zero-order valence-corrected chi connectivity index (χ0v) is 18.3. The van der Waals surface area contributed by atoms with Crippen LogP contribution in [0.5, 0.6) is 0 Å². The molecule has 3 aliphatic rings. The highest BCUT2D eigenvalue weighted by Crippen LogP contribution is 2.65. The second kappa shape index (κ2) is 7.12. The maximum Gasteiger partial charge on any atom is 0.254 e. The molecule has 1 saturated carbocycles. The fourth-order valence-corrected chi connectivity index (χ4v) is 6.62. The molecular weight excluding hydrogens is 372 g/mol. The van der Waals surface area contributed by atoms with Crippen LogP contribution < -0.4 is 4.90 Å². The van der Waals surface area contributed by atoms with E-state index in [0.29, 0.717) is 12.5 Å². The first-order chi connectivity index (χ1) is 14.5. The van der Waals surface area contributed by atoms with E-state index in [2.05, 4.69) is 50.1 Å². The van der Waals surface area contributed by atoms with Crippen LogP contribution in [0.3, 0.4) is 0 Å². The van der Waals surface area contributed by atoms with E-state index >= 15 is 0 Å². The lowest BCUT2D eigenvalue weighted by Crippen LogP contribution is -2.55. The molecule has 2 heterocycles. The summed E-state index contributed by atoms with van der Waals surface area (Å²) in [5.41, 5.74) is 2.86. The first kappa shape index (κ1) is 19.6. The average Bonchev–Trinajstić information content (AvgIpc) is 3.14. The number of anilines is 1. The van der Waals surface area contributed by atoms with Gasteiger partial charge in [-0.1, -0.05) is 67.8 Å². The van der Waals surface area contributed by atoms with Gasteiger partial charge in [0.05, 0.1) is 10.8 Å². The second-order valence-electron chi connectivity index (χ2n) is 9.72. The highest BCUT2D eigenvalue weighted by molar-refractivity contribution is 5.90. The monoisotopic (exact) mass is 404 g/mol. The molecular formula is C26H32N2O2. The molecule has 2 atom stereocenters. The molecule has 0 radical (unpaired) electrons. The molecule has 5 rings (SSSR count). The van der Waals surface area contributed by atoms with Crippen LogP contribution in [0.25, 0.3) is 0 Å². The van der Waals surface area contributed by atoms with Gasteiger partial charge in [0.2, 0.25) is 0 Å². The molecule has 2 fully saturated rings. The van der Waals surface area contributed by atoms with Crippen LogP contribution >= 0.6 is 0 Å². The Morgan fingerprint density at radius 2 is 1.63 bits per heavy atom. The Kier molecular flexibility index (Phi) is 4.66. The fourth-order valence-electron chi connectivity index (χ4n) is 6.62. The van der Waals surface area contributed by atoms with Crippen LogP contribution in [0.15, 0.2) is 54.6 Å². The minimum atomic E-state index is -0.531. The van der Waals surface area contributed by atoms with Gasteiger partial charge in [-0.15, -0.1) is 0 Å². The summed E-state index contributed by atoms with van der Waals surface area (Å²) in [7, 11) is 2.13. The minimum absolute atomic E-state index is 0.107. The van der Waals surface area contributed by atoms with Crippen molar-refractivity contribution >= 4 is 11.6 Å². The highest BCUT2D eigenvalue weighted by atomic mass is 16.7. The Hall–Kier alpha value is -2.33. The van der Waals surface area contributed by atoms with Crippen LogP contribution in [0.2, 0.25) is 0 Å². The lowest BCUT2D eigenvalue weighted by Gasteiger charge is -2.47. The summed E-state index contributed by atoms with van der Waals surface area (Å²) in [6.45, 7) is 4.71. The molecule has 0 N–H and O–H groups in total. The van der Waals surface area contributed by atoms with Crippen molar-refractivity contribution in [3.05, 3.63) is 65.7 Å². The summed E-state index contributed by atoms with van der Waals surface area (Å²) in [6, 6.07) is 18.8. The molecule has 0 aromatic heterocycles. The molecule has 4 nitrogen and oxygen atoms in total. The molecule has 1 amide bonds. The van der Waals surface area contributed by atoms with E-state index < -0.39 is 5.41 Å². The number of benzene rings is 2. The molecule has 30 heavy (non-hydrogen) atoms. The SMILES string of the molecule is CN1c2ccccc2C2(C3CCCCC3)C1N(OCc1ccccc1)C(=O)C2(C)C. The Morgan fingerprint density at radius 3 is 2.37 bits per heavy atom. The molecule has 2 aliphatic heterocycles. The van der Waals surface area contributed by atoms with E-state index in [9.17, 15) is 4.79 Å². The van der Waals surface area contributed by atoms with E-state index in [-0.39, 0.29) is 17.5 Å². The van der Waals surface area contributed by atoms with Gasteiger partial charge >= 0.3 is 0 Å². The van der Waals surface area contributed by atoms with Crippen molar-refractivity contribution in [1.82, 2.24) is 5.06 Å². The Morgan fingerprint density at radius 1 is 0.967 bits per heavy atom. The molecule has 1 aliphatic carbocycles. The van der Waals surface area contributed by atoms with E-state index in [1.54, 1.807) is 5.06 Å². The summed E-state index contributed by atoms with van der Waals surface area (Å²) < 4.78 is 0. The predicted molar refractivity (Wildman–Crippen MR) is 119 cm³/mol. The van der Waals surface area contributed by atoms with Crippen molar-refractivity contribution in [3.63, 3.8) is 0 Å². The molecule has 4 heteroatoms. The number of amides is 1. The molecule has 0 spiro atoms. The number of rotatable bonds is 4. The number of hydrogen-bond donors (Lipinski definition) is 0. The second-order valence-corrected chi connectivity index (χ2v) is 9.72. The first-order valence-corrected chi connectivity index (χ1v) is 11.3. The van der Waals surface area contributed by atoms with Gasteiger partial charge in [-0.2, -0.15) is 5.06 Å². The van der Waals surface area contributed by atoms with Gasteiger partial charge in [0, 0.05) is 12.7 Å². The zero-order chi connectivity index (χ0) is 20.9. The lowest BCUT2D eigenvalue weighted by atomic mass is 9.54. The van der Waals surface area contributed by atoms with Gasteiger partial charge < -0.3 is 4.90 Å². The summed E-state index contributed by atoms with van der Waals surface area (Å²) >= 11 is 0. The van der Waals surface area contributed by atoms with Crippen LogP contribution in [0, 0.1) is 11.3 Å². The van der Waals surface area contributed by atoms with E-state index in [1.165, 1.54) is 43.4 Å². The number of carbonyl (C=O) groups excluding carboxylic acids is 1. The van der Waals surface area contributed by atoms with Crippen molar-refractivity contribution < 1.29 is 9.63 Å². The predicted octanol–water partition coefficient (Wildman–Crippen LogP) is 5.28. The van der Waals surface area contributed by atoms with Crippen molar-refractivity contribution in [1.29, 1.82) is 0 Å². The normalized spacial score (nSPS) is 28.0. The lowest BCUT2D eigenvalue weighted by molar-refractivity contribution is -0.199. The number of hydrogen-bond acceptors (Lipinski definition) is 3. The van der Waals surface area contributed by atoms with Crippen molar-refractivity contribution in [3.8, 4) is 0 Å². The third-order valence-corrected chi connectivity index (χ3v) is 7.96. The number of nitrogens with zero attached hydrogens (tertiary/aromatic N) is 2. The van der Waals surface area contributed by atoms with Crippen LogP contribution in [-0.2, 0) is 21.7 Å². The molecule has 2 aromatic carbocycles. The quantitative estimate of drug-likeness (QED) is 0.695. The Labute approximate surface area is 179 Å². The standard InChI is InChI=1S/C26H32N2O2/c1-25(2)24(29)28(30-18-19-12-6-4-7-13-19)23-26(25,20-14-8-5-9-15-20)21-16-10-11-17-22(21)27(23)3/h4,6-7,10-13,16-17,20,23H,5,8-9,14-15,18H2,1-3H3. The van der Waals surface area contributed by atoms with Gasteiger partial charge in [-0.3, -0.25) is 9.63 Å². The number of likely N-dealkylation sites (N-methyl/N-ethyl adjacent to an activating group) is 1. The molecule has 158 valence electrons. The van der Waals surface area contributed by atoms with Gasteiger partial charge in [0.1, 0.15) is 12.8 Å². The number of fused-ring (bicyclic) bond motifs is 3. The van der Waals surface area contributed by atoms with Gasteiger partial charge in [0.15, 0.2) is 0 Å². The summed E-state index contributed by atoms with van der Waals surface area (Å²) in [6.07, 6.45) is 6.06. The van der Waals surface area contributed by atoms with Gasteiger partial charge in [-0.05, 0) is 49.8 Å². The Balaban J connectivity index is 1.61. The number of carbonyl (C=O) groups is 1. The number of hydroxylamine groups is 2. The van der Waals surface area contributed by atoms with Gasteiger partial charge in [0.25, 0.3) is 5.91 Å². The topological polar surface area (TPSA) is 32.8 Å². The highest BCUT2D eigenvalue weighted by Gasteiger charge is 2.72. The van der Waals surface area contributed by atoms with Crippen LogP contribution in [-0.4, -0.2) is 24.2 Å². The average molecular weight is 405 g/mol. The third-order valence-electron chi connectivity index (χ3n) is 7.96. The third kappa shape index (κ3) is 2.52. The maximum atomic E-state index is 13.8. The van der Waals surface area contributed by atoms with E-state index in [0.717, 1.165) is 5.56 Å². The first-order valence-electron chi connectivity index (χ1n) is 11.3.